The third kappa shape index (κ3) is 1.22. The monoisotopic (exact) mass is 189 g/mol. The number of carbonyl (C=O) groups excluding carboxylic acids is 1. The first-order valence-corrected chi connectivity index (χ1v) is 5.03. The Morgan fingerprint density at radius 1 is 1.43 bits per heavy atom. The number of benzene rings is 1. The summed E-state index contributed by atoms with van der Waals surface area (Å²) in [7, 11) is 0. The van der Waals surface area contributed by atoms with Crippen LogP contribution in [0.2, 0.25) is 0 Å². The van der Waals surface area contributed by atoms with Crippen molar-refractivity contribution in [2.24, 2.45) is 5.92 Å². The molecule has 0 fully saturated rings. The summed E-state index contributed by atoms with van der Waals surface area (Å²) in [6, 6.07) is 3.71. The van der Waals surface area contributed by atoms with Crippen LogP contribution in [0.25, 0.3) is 0 Å². The maximum absolute atomic E-state index is 11.8. The van der Waals surface area contributed by atoms with E-state index in [0.717, 1.165) is 35.2 Å². The quantitative estimate of drug-likeness (QED) is 0.636. The first-order valence-electron chi connectivity index (χ1n) is 5.03. The average Bonchev–Trinajstić information content (AvgIpc) is 2.17. The highest BCUT2D eigenvalue weighted by Crippen LogP contribution is 2.30. The minimum absolute atomic E-state index is 0.172. The van der Waals surface area contributed by atoms with Gasteiger partial charge in [-0.15, -0.1) is 0 Å². The molecule has 0 aliphatic heterocycles. The molecule has 74 valence electrons. The number of anilines is 1. The maximum atomic E-state index is 11.8. The van der Waals surface area contributed by atoms with Gasteiger partial charge in [0.05, 0.1) is 0 Å². The maximum Gasteiger partial charge on any atom is 0.165 e. The zero-order valence-electron chi connectivity index (χ0n) is 8.63. The number of hydrogen-bond donors (Lipinski definition) is 1. The van der Waals surface area contributed by atoms with Gasteiger partial charge in [-0.25, -0.2) is 0 Å². The van der Waals surface area contributed by atoms with Crippen molar-refractivity contribution in [3.05, 3.63) is 28.8 Å². The Bertz CT molecular complexity index is 396. The van der Waals surface area contributed by atoms with Crippen molar-refractivity contribution in [1.82, 2.24) is 0 Å². The molecule has 1 atom stereocenters. The number of Topliss-reactive ketones (excluding diaryl/α,β-unsaturated/α-hetero) is 1. The Labute approximate surface area is 84.1 Å². The fourth-order valence-electron chi connectivity index (χ4n) is 2.09. The molecule has 0 heterocycles. The molecule has 1 aromatic rings. The Kier molecular flexibility index (Phi) is 2.06. The minimum Gasteiger partial charge on any atom is -0.399 e. The highest BCUT2D eigenvalue weighted by molar-refractivity contribution is 6.00. The van der Waals surface area contributed by atoms with Crippen LogP contribution in [-0.4, -0.2) is 5.78 Å². The third-order valence-corrected chi connectivity index (χ3v) is 3.18. The highest BCUT2D eigenvalue weighted by Gasteiger charge is 2.25. The van der Waals surface area contributed by atoms with Crippen LogP contribution < -0.4 is 5.73 Å². The smallest absolute Gasteiger partial charge is 0.165 e. The molecule has 0 saturated carbocycles. The van der Waals surface area contributed by atoms with Crippen molar-refractivity contribution in [1.29, 1.82) is 0 Å². The van der Waals surface area contributed by atoms with Crippen LogP contribution in [0.3, 0.4) is 0 Å². The predicted molar refractivity (Wildman–Crippen MR) is 57.4 cm³/mol. The van der Waals surface area contributed by atoms with Crippen molar-refractivity contribution in [2.45, 2.75) is 26.7 Å². The first kappa shape index (κ1) is 9.25. The van der Waals surface area contributed by atoms with E-state index in [1.807, 2.05) is 26.0 Å². The molecule has 1 aromatic carbocycles. The van der Waals surface area contributed by atoms with E-state index < -0.39 is 0 Å². The lowest BCUT2D eigenvalue weighted by Crippen LogP contribution is -2.21. The molecular formula is C12H15NO. The summed E-state index contributed by atoms with van der Waals surface area (Å²) >= 11 is 0. The van der Waals surface area contributed by atoms with Crippen molar-refractivity contribution in [2.75, 3.05) is 5.73 Å². The second kappa shape index (κ2) is 3.12. The number of nitrogen functional groups attached to an aromatic ring is 1. The van der Waals surface area contributed by atoms with Crippen LogP contribution in [0, 0.1) is 12.8 Å². The lowest BCUT2D eigenvalue weighted by Gasteiger charge is -2.22. The lowest BCUT2D eigenvalue weighted by molar-refractivity contribution is 0.0913. The van der Waals surface area contributed by atoms with E-state index in [9.17, 15) is 4.79 Å². The Balaban J connectivity index is 2.59. The molecule has 1 aliphatic rings. The molecule has 1 aliphatic carbocycles. The van der Waals surface area contributed by atoms with Gasteiger partial charge in [0.25, 0.3) is 0 Å². The Hall–Kier alpha value is -1.31. The summed E-state index contributed by atoms with van der Waals surface area (Å²) in [5.41, 5.74) is 9.74. The molecule has 0 amide bonds. The van der Waals surface area contributed by atoms with Crippen molar-refractivity contribution < 1.29 is 4.79 Å². The van der Waals surface area contributed by atoms with Crippen LogP contribution in [0.15, 0.2) is 12.1 Å². The van der Waals surface area contributed by atoms with E-state index in [1.165, 1.54) is 0 Å². The number of nitrogens with two attached hydrogens (primary N) is 1. The van der Waals surface area contributed by atoms with Gasteiger partial charge in [0.2, 0.25) is 0 Å². The molecule has 2 heteroatoms. The zero-order chi connectivity index (χ0) is 10.3. The normalized spacial score (nSPS) is 20.7. The van der Waals surface area contributed by atoms with E-state index in [0.29, 0.717) is 0 Å². The number of fused-ring (bicyclic) bond motifs is 1. The molecule has 2 N–H and O–H groups in total. The van der Waals surface area contributed by atoms with Gasteiger partial charge in [0, 0.05) is 17.2 Å². The Morgan fingerprint density at radius 2 is 2.14 bits per heavy atom. The van der Waals surface area contributed by atoms with Crippen LogP contribution in [0.1, 0.15) is 34.8 Å². The van der Waals surface area contributed by atoms with Gasteiger partial charge < -0.3 is 5.73 Å². The minimum atomic E-state index is 0.172. The van der Waals surface area contributed by atoms with E-state index >= 15 is 0 Å². The van der Waals surface area contributed by atoms with Gasteiger partial charge >= 0.3 is 0 Å². The molecule has 0 spiro atoms. The number of ketones is 1. The second-order valence-corrected chi connectivity index (χ2v) is 4.11. The second-order valence-electron chi connectivity index (χ2n) is 4.11. The highest BCUT2D eigenvalue weighted by atomic mass is 16.1. The molecule has 1 unspecified atom stereocenters. The van der Waals surface area contributed by atoms with Gasteiger partial charge in [-0.3, -0.25) is 4.79 Å². The summed E-state index contributed by atoms with van der Waals surface area (Å²) < 4.78 is 0. The molecule has 14 heavy (non-hydrogen) atoms. The third-order valence-electron chi connectivity index (χ3n) is 3.18. The van der Waals surface area contributed by atoms with Crippen LogP contribution >= 0.6 is 0 Å². The van der Waals surface area contributed by atoms with Gasteiger partial charge in [-0.05, 0) is 43.0 Å². The van der Waals surface area contributed by atoms with E-state index in [2.05, 4.69) is 0 Å². The average molecular weight is 189 g/mol. The molecule has 2 rings (SSSR count). The molecule has 2 nitrogen and oxygen atoms in total. The summed E-state index contributed by atoms with van der Waals surface area (Å²) in [6.07, 6.45) is 1.94. The van der Waals surface area contributed by atoms with Gasteiger partial charge in [-0.1, -0.05) is 6.92 Å². The number of rotatable bonds is 0. The summed E-state index contributed by atoms with van der Waals surface area (Å²) in [5, 5.41) is 0. The van der Waals surface area contributed by atoms with Crippen molar-refractivity contribution >= 4 is 11.5 Å². The van der Waals surface area contributed by atoms with Crippen LogP contribution in [0.4, 0.5) is 5.69 Å². The molecule has 0 bridgehead atoms. The topological polar surface area (TPSA) is 43.1 Å². The molecule has 0 radical (unpaired) electrons. The standard InChI is InChI=1S/C12H15NO/c1-7-3-4-9-8(2)11(13)6-5-10(9)12(7)14/h5-7H,3-4,13H2,1-2H3. The first-order chi connectivity index (χ1) is 6.61. The number of hydrogen-bond acceptors (Lipinski definition) is 2. The molecule has 0 saturated heterocycles. The van der Waals surface area contributed by atoms with Gasteiger partial charge in [-0.2, -0.15) is 0 Å². The SMILES string of the molecule is Cc1c(N)ccc2c1CCC(C)C2=O. The van der Waals surface area contributed by atoms with Crippen molar-refractivity contribution in [3.8, 4) is 0 Å². The largest absolute Gasteiger partial charge is 0.399 e. The van der Waals surface area contributed by atoms with E-state index in [1.54, 1.807) is 0 Å². The van der Waals surface area contributed by atoms with Gasteiger partial charge in [0.1, 0.15) is 0 Å². The predicted octanol–water partition coefficient (Wildman–Crippen LogP) is 2.34. The summed E-state index contributed by atoms with van der Waals surface area (Å²) in [6.45, 7) is 3.99. The summed E-state index contributed by atoms with van der Waals surface area (Å²) in [4.78, 5) is 11.8. The summed E-state index contributed by atoms with van der Waals surface area (Å²) in [5.74, 6) is 0.444. The van der Waals surface area contributed by atoms with Crippen molar-refractivity contribution in [3.63, 3.8) is 0 Å². The number of carbonyl (C=O) groups is 1. The van der Waals surface area contributed by atoms with Crippen LogP contribution in [0.5, 0.6) is 0 Å². The fraction of sp³-hybridized carbons (Fsp3) is 0.417. The molecular weight excluding hydrogens is 174 g/mol. The Morgan fingerprint density at radius 3 is 2.86 bits per heavy atom. The van der Waals surface area contributed by atoms with E-state index in [-0.39, 0.29) is 11.7 Å². The lowest BCUT2D eigenvalue weighted by atomic mass is 9.81. The molecule has 0 aromatic heterocycles. The van der Waals surface area contributed by atoms with E-state index in [4.69, 9.17) is 5.73 Å². The zero-order valence-corrected chi connectivity index (χ0v) is 8.63. The van der Waals surface area contributed by atoms with Gasteiger partial charge in [0.15, 0.2) is 5.78 Å². The fourth-order valence-corrected chi connectivity index (χ4v) is 2.09. The van der Waals surface area contributed by atoms with Crippen LogP contribution in [-0.2, 0) is 6.42 Å².